The highest BCUT2D eigenvalue weighted by molar-refractivity contribution is 7.80. The monoisotopic (exact) mass is 400 g/mol. The Kier molecular flexibility index (Phi) is 5.58. The predicted molar refractivity (Wildman–Crippen MR) is 110 cm³/mol. The number of carbonyl (C=O) groups excluding carboxylic acids is 2. The van der Waals surface area contributed by atoms with Crippen LogP contribution in [0.25, 0.3) is 6.08 Å². The van der Waals surface area contributed by atoms with Gasteiger partial charge in [0, 0.05) is 11.6 Å². The third-order valence-electron chi connectivity index (χ3n) is 4.16. The minimum Gasteiger partial charge on any atom is -0.497 e. The quantitative estimate of drug-likeness (QED) is 0.443. The van der Waals surface area contributed by atoms with Crippen LogP contribution in [0.1, 0.15) is 12.5 Å². The zero-order valence-electron chi connectivity index (χ0n) is 14.8. The first-order valence-corrected chi connectivity index (χ1v) is 9.06. The number of anilines is 1. The van der Waals surface area contributed by atoms with E-state index >= 15 is 0 Å². The van der Waals surface area contributed by atoms with Gasteiger partial charge in [-0.2, -0.15) is 0 Å². The van der Waals surface area contributed by atoms with Crippen LogP contribution >= 0.6 is 23.8 Å². The summed E-state index contributed by atoms with van der Waals surface area (Å²) in [6.07, 6.45) is 1.57. The molecule has 1 heterocycles. The first-order valence-electron chi connectivity index (χ1n) is 8.28. The molecule has 1 aliphatic rings. The van der Waals surface area contributed by atoms with Crippen LogP contribution in [0.2, 0.25) is 5.02 Å². The number of halogens is 1. The normalized spacial score (nSPS) is 16.3. The van der Waals surface area contributed by atoms with Gasteiger partial charge in [-0.1, -0.05) is 23.7 Å². The number of carbonyl (C=O) groups is 2. The second-order valence-corrected chi connectivity index (χ2v) is 6.58. The molecule has 0 N–H and O–H groups in total. The van der Waals surface area contributed by atoms with Gasteiger partial charge in [0.05, 0.1) is 12.8 Å². The Balaban J connectivity index is 2.05. The first kappa shape index (κ1) is 19.1. The van der Waals surface area contributed by atoms with Crippen molar-refractivity contribution in [3.8, 4) is 5.75 Å². The molecule has 1 aliphatic heterocycles. The largest absolute Gasteiger partial charge is 0.497 e. The Morgan fingerprint density at radius 2 is 1.67 bits per heavy atom. The van der Waals surface area contributed by atoms with Gasteiger partial charge in [-0.15, -0.1) is 0 Å². The molecule has 0 spiro atoms. The number of amides is 2. The van der Waals surface area contributed by atoms with Crippen LogP contribution in [-0.2, 0) is 9.59 Å². The molecule has 5 nitrogen and oxygen atoms in total. The van der Waals surface area contributed by atoms with Crippen LogP contribution < -0.4 is 9.64 Å². The fraction of sp³-hybridized carbons (Fsp3) is 0.150. The van der Waals surface area contributed by atoms with Crippen molar-refractivity contribution in [1.29, 1.82) is 0 Å². The number of hydrogen-bond donors (Lipinski definition) is 0. The number of thiocarbonyl (C=S) groups is 1. The molecule has 2 aromatic rings. The van der Waals surface area contributed by atoms with Gasteiger partial charge in [-0.3, -0.25) is 19.4 Å². The van der Waals surface area contributed by atoms with Crippen molar-refractivity contribution in [3.05, 3.63) is 64.7 Å². The maximum atomic E-state index is 13.1. The van der Waals surface area contributed by atoms with Crippen molar-refractivity contribution in [2.75, 3.05) is 18.6 Å². The van der Waals surface area contributed by atoms with Gasteiger partial charge in [0.2, 0.25) is 0 Å². The van der Waals surface area contributed by atoms with Crippen LogP contribution in [0, 0.1) is 0 Å². The average Bonchev–Trinajstić information content (AvgIpc) is 2.67. The molecule has 138 valence electrons. The molecule has 1 fully saturated rings. The van der Waals surface area contributed by atoms with Crippen LogP contribution in [0.3, 0.4) is 0 Å². The van der Waals surface area contributed by atoms with Gasteiger partial charge in [0.1, 0.15) is 11.3 Å². The van der Waals surface area contributed by atoms with Gasteiger partial charge >= 0.3 is 0 Å². The van der Waals surface area contributed by atoms with Crippen molar-refractivity contribution in [2.45, 2.75) is 6.92 Å². The fourth-order valence-electron chi connectivity index (χ4n) is 2.74. The topological polar surface area (TPSA) is 49.9 Å². The molecule has 1 saturated heterocycles. The maximum Gasteiger partial charge on any atom is 0.270 e. The highest BCUT2D eigenvalue weighted by atomic mass is 35.5. The lowest BCUT2D eigenvalue weighted by Crippen LogP contribution is -2.56. The van der Waals surface area contributed by atoms with E-state index in [1.807, 2.05) is 6.92 Å². The third-order valence-corrected chi connectivity index (χ3v) is 4.81. The Hall–Kier alpha value is -2.70. The van der Waals surface area contributed by atoms with E-state index in [2.05, 4.69) is 0 Å². The second kappa shape index (κ2) is 7.90. The van der Waals surface area contributed by atoms with E-state index in [1.54, 1.807) is 61.7 Å². The minimum atomic E-state index is -0.465. The van der Waals surface area contributed by atoms with E-state index in [0.29, 0.717) is 28.6 Å². The van der Waals surface area contributed by atoms with Gasteiger partial charge < -0.3 is 4.74 Å². The van der Waals surface area contributed by atoms with Crippen molar-refractivity contribution < 1.29 is 14.3 Å². The molecule has 0 aromatic heterocycles. The molecule has 27 heavy (non-hydrogen) atoms. The average molecular weight is 401 g/mol. The molecular weight excluding hydrogens is 384 g/mol. The summed E-state index contributed by atoms with van der Waals surface area (Å²) in [6.45, 7) is 2.17. The molecule has 0 saturated carbocycles. The molecule has 0 bridgehead atoms. The van der Waals surface area contributed by atoms with E-state index in [4.69, 9.17) is 28.6 Å². The number of ether oxygens (including phenoxy) is 1. The summed E-state index contributed by atoms with van der Waals surface area (Å²) in [5.74, 6) is -0.182. The van der Waals surface area contributed by atoms with E-state index in [0.717, 1.165) is 0 Å². The van der Waals surface area contributed by atoms with Crippen molar-refractivity contribution >= 4 is 52.5 Å². The molecule has 0 atom stereocenters. The highest BCUT2D eigenvalue weighted by Gasteiger charge is 2.39. The van der Waals surface area contributed by atoms with Crippen molar-refractivity contribution in [3.63, 3.8) is 0 Å². The zero-order chi connectivity index (χ0) is 19.6. The van der Waals surface area contributed by atoms with Gasteiger partial charge in [-0.25, -0.2) is 0 Å². The first-order chi connectivity index (χ1) is 13.0. The Bertz CT molecular complexity index is 923. The summed E-state index contributed by atoms with van der Waals surface area (Å²) in [4.78, 5) is 28.7. The van der Waals surface area contributed by atoms with E-state index in [-0.39, 0.29) is 10.7 Å². The summed E-state index contributed by atoms with van der Waals surface area (Å²) in [5.41, 5.74) is 1.32. The Morgan fingerprint density at radius 1 is 1.04 bits per heavy atom. The lowest BCUT2D eigenvalue weighted by Gasteiger charge is -2.36. The lowest BCUT2D eigenvalue weighted by atomic mass is 10.1. The van der Waals surface area contributed by atoms with Gasteiger partial charge in [-0.05, 0) is 67.2 Å². The highest BCUT2D eigenvalue weighted by Crippen LogP contribution is 2.27. The number of benzene rings is 2. The van der Waals surface area contributed by atoms with Crippen molar-refractivity contribution in [1.82, 2.24) is 4.90 Å². The summed E-state index contributed by atoms with van der Waals surface area (Å²) in [6, 6.07) is 13.8. The number of likely N-dealkylation sites (N-methyl/N-ethyl adjacent to an activating group) is 1. The lowest BCUT2D eigenvalue weighted by molar-refractivity contribution is -0.127. The van der Waals surface area contributed by atoms with Gasteiger partial charge in [0.15, 0.2) is 5.11 Å². The van der Waals surface area contributed by atoms with Crippen LogP contribution in [-0.4, -0.2) is 35.5 Å². The molecular formula is C20H17ClN2O3S. The zero-order valence-corrected chi connectivity index (χ0v) is 16.4. The Labute approximate surface area is 167 Å². The molecule has 0 aliphatic carbocycles. The van der Waals surface area contributed by atoms with Crippen LogP contribution in [0.4, 0.5) is 5.69 Å². The number of hydrogen-bond acceptors (Lipinski definition) is 4. The van der Waals surface area contributed by atoms with E-state index in [1.165, 1.54) is 9.80 Å². The summed E-state index contributed by atoms with van der Waals surface area (Å²) < 4.78 is 5.14. The number of methoxy groups -OCH3 is 1. The maximum absolute atomic E-state index is 13.1. The van der Waals surface area contributed by atoms with Crippen LogP contribution in [0.5, 0.6) is 5.75 Å². The van der Waals surface area contributed by atoms with Crippen molar-refractivity contribution in [2.24, 2.45) is 0 Å². The van der Waals surface area contributed by atoms with Crippen LogP contribution in [0.15, 0.2) is 54.1 Å². The molecule has 7 heteroatoms. The third kappa shape index (κ3) is 3.72. The molecule has 0 radical (unpaired) electrons. The predicted octanol–water partition coefficient (Wildman–Crippen LogP) is 3.91. The number of rotatable bonds is 4. The van der Waals surface area contributed by atoms with E-state index in [9.17, 15) is 9.59 Å². The number of nitrogens with zero attached hydrogens (tertiary/aromatic N) is 2. The molecule has 3 rings (SSSR count). The Morgan fingerprint density at radius 3 is 2.22 bits per heavy atom. The second-order valence-electron chi connectivity index (χ2n) is 5.78. The fourth-order valence-corrected chi connectivity index (χ4v) is 3.27. The van der Waals surface area contributed by atoms with E-state index < -0.39 is 11.8 Å². The molecule has 0 unspecified atom stereocenters. The standard InChI is InChI=1S/C20H17ClN2O3S/c1-3-22-18(24)17(12-13-4-10-16(26-2)11-5-13)19(25)23(20(22)27)15-8-6-14(21)7-9-15/h4-12H,3H2,1-2H3/b17-12+. The van der Waals surface area contributed by atoms with Gasteiger partial charge in [0.25, 0.3) is 11.8 Å². The minimum absolute atomic E-state index is 0.0468. The molecule has 2 amide bonds. The SMILES string of the molecule is CCN1C(=O)/C(=C\c2ccc(OC)cc2)C(=O)N(c2ccc(Cl)cc2)C1=S. The smallest absolute Gasteiger partial charge is 0.270 e. The summed E-state index contributed by atoms with van der Waals surface area (Å²) in [7, 11) is 1.58. The summed E-state index contributed by atoms with van der Waals surface area (Å²) >= 11 is 11.3. The molecule has 2 aromatic carbocycles. The summed E-state index contributed by atoms with van der Waals surface area (Å²) in [5, 5.41) is 0.702.